The van der Waals surface area contributed by atoms with Gasteiger partial charge >= 0.3 is 0 Å². The predicted molar refractivity (Wildman–Crippen MR) is 222 cm³/mol. The maximum absolute atomic E-state index is 14.1. The van der Waals surface area contributed by atoms with Crippen molar-refractivity contribution in [1.29, 1.82) is 0 Å². The zero-order chi connectivity index (χ0) is 45.5. The third-order valence-corrected chi connectivity index (χ3v) is 12.0. The second-order valence-electron chi connectivity index (χ2n) is 14.4. The van der Waals surface area contributed by atoms with Gasteiger partial charge in [-0.05, 0) is 36.6 Å². The van der Waals surface area contributed by atoms with Gasteiger partial charge in [0.15, 0.2) is 6.29 Å². The van der Waals surface area contributed by atoms with Crippen LogP contribution < -0.4 is 43.4 Å². The van der Waals surface area contributed by atoms with E-state index < -0.39 is 128 Å². The summed E-state index contributed by atoms with van der Waals surface area (Å²) in [5.41, 5.74) is 12.6. The van der Waals surface area contributed by atoms with Crippen LogP contribution in [0.2, 0.25) is 0 Å². The Hall–Kier alpha value is -5.05. The quantitative estimate of drug-likeness (QED) is 0.0743. The number of benzene rings is 2. The van der Waals surface area contributed by atoms with E-state index in [1.807, 2.05) is 0 Å². The molecule has 4 rings (SSSR count). The summed E-state index contributed by atoms with van der Waals surface area (Å²) in [6.45, 7) is -0.778. The smallest absolute Gasteiger partial charge is 0.245 e. The maximum atomic E-state index is 14.1. The molecule has 22 nitrogen and oxygen atoms in total. The fourth-order valence-electron chi connectivity index (χ4n) is 6.13. The summed E-state index contributed by atoms with van der Waals surface area (Å²) in [4.78, 5) is 92.8. The van der Waals surface area contributed by atoms with E-state index in [4.69, 9.17) is 20.9 Å². The molecule has 0 spiro atoms. The van der Waals surface area contributed by atoms with Crippen LogP contribution in [0.15, 0.2) is 54.6 Å². The van der Waals surface area contributed by atoms with E-state index in [0.717, 1.165) is 21.6 Å². The van der Waals surface area contributed by atoms with Gasteiger partial charge in [-0.25, -0.2) is 0 Å². The molecule has 2 aliphatic rings. The lowest BCUT2D eigenvalue weighted by molar-refractivity contribution is -0.311. The molecule has 24 heteroatoms. The number of phenols is 1. The Kier molecular flexibility index (Phi) is 19.2. The van der Waals surface area contributed by atoms with Gasteiger partial charge in [-0.15, -0.1) is 0 Å². The third kappa shape index (κ3) is 14.8. The number of hydrogen-bond donors (Lipinski definition) is 13. The van der Waals surface area contributed by atoms with Crippen molar-refractivity contribution in [2.24, 2.45) is 11.5 Å². The molecule has 11 atom stereocenters. The van der Waals surface area contributed by atoms with E-state index in [0.29, 0.717) is 11.1 Å². The highest BCUT2D eigenvalue weighted by atomic mass is 33.1. The number of hydrogen-bond acceptors (Lipinski definition) is 17. The van der Waals surface area contributed by atoms with Gasteiger partial charge in [-0.1, -0.05) is 64.1 Å². The highest BCUT2D eigenvalue weighted by molar-refractivity contribution is 8.76. The number of nitrogens with one attached hydrogen (secondary N) is 6. The lowest BCUT2D eigenvalue weighted by Gasteiger charge is -2.41. The minimum absolute atomic E-state index is 0.0216. The van der Waals surface area contributed by atoms with Crippen LogP contribution in [0.1, 0.15) is 18.1 Å². The van der Waals surface area contributed by atoms with E-state index >= 15 is 0 Å². The molecule has 340 valence electrons. The summed E-state index contributed by atoms with van der Waals surface area (Å²) in [5.74, 6) is -6.28. The third-order valence-electron chi connectivity index (χ3n) is 9.59. The van der Waals surface area contributed by atoms with Gasteiger partial charge < -0.3 is 78.4 Å². The molecule has 0 aromatic heterocycles. The minimum atomic E-state index is -1.88. The maximum Gasteiger partial charge on any atom is 0.245 e. The van der Waals surface area contributed by atoms with Crippen LogP contribution in [0.4, 0.5) is 0 Å². The zero-order valence-electron chi connectivity index (χ0n) is 33.4. The summed E-state index contributed by atoms with van der Waals surface area (Å²) in [6, 6.07) is 7.80. The molecule has 0 bridgehead atoms. The molecule has 2 aromatic rings. The molecule has 7 amide bonds. The van der Waals surface area contributed by atoms with E-state index in [9.17, 15) is 59.1 Å². The Morgan fingerprint density at radius 2 is 1.58 bits per heavy atom. The van der Waals surface area contributed by atoms with Crippen molar-refractivity contribution in [3.8, 4) is 5.75 Å². The number of rotatable bonds is 15. The number of phenolic OH excluding ortho intramolecular Hbond substituents is 1. The second kappa shape index (κ2) is 24.0. The van der Waals surface area contributed by atoms with Crippen molar-refractivity contribution in [1.82, 2.24) is 31.9 Å². The Bertz CT molecular complexity index is 1870. The van der Waals surface area contributed by atoms with Crippen LogP contribution in [-0.4, -0.2) is 165 Å². The standard InChI is InChI=1S/C38H52N8O14S2/c1-18(59-38-32(53)31(52)30(51)26(15-47)60-38)29(37(58)41-13-27(40)49)46-36(57)25-17-62-61-16-24(44-33(54)22(39)11-20-7-9-21(48)10-8-20)34(55)42-14-28(50)43-23(35(56)45-25)12-19-5-3-2-4-6-19/h2-10,18,22-26,29-32,38,47-48,51-53H,11-17,39H2,1H3,(H2,40,49)(H,41,58)(H,42,55)(H,43,50)(H,44,54)(H,45,56)(H,46,57)/t18-,22+,23+,24-,25-,26-,29-,30-,31+,32-,38-/m1/s1. The van der Waals surface area contributed by atoms with Gasteiger partial charge in [0, 0.05) is 17.9 Å². The van der Waals surface area contributed by atoms with Crippen molar-refractivity contribution in [2.75, 3.05) is 31.2 Å². The molecule has 2 heterocycles. The number of amides is 7. The number of nitrogens with two attached hydrogens (primary N) is 2. The van der Waals surface area contributed by atoms with Crippen LogP contribution in [0.3, 0.4) is 0 Å². The molecule has 62 heavy (non-hydrogen) atoms. The molecule has 0 radical (unpaired) electrons. The molecule has 0 unspecified atom stereocenters. The van der Waals surface area contributed by atoms with E-state index in [2.05, 4.69) is 31.9 Å². The summed E-state index contributed by atoms with van der Waals surface area (Å²) in [6.07, 6.45) is -9.97. The number of carbonyl (C=O) groups is 7. The van der Waals surface area contributed by atoms with E-state index in [1.54, 1.807) is 42.5 Å². The largest absolute Gasteiger partial charge is 0.508 e. The summed E-state index contributed by atoms with van der Waals surface area (Å²) in [5, 5.41) is 65.2. The van der Waals surface area contributed by atoms with E-state index in [-0.39, 0.29) is 30.1 Å². The van der Waals surface area contributed by atoms with Gasteiger partial charge in [0.1, 0.15) is 54.3 Å². The van der Waals surface area contributed by atoms with Crippen molar-refractivity contribution in [2.45, 2.75) is 86.8 Å². The Morgan fingerprint density at radius 1 is 0.903 bits per heavy atom. The first-order chi connectivity index (χ1) is 29.5. The Morgan fingerprint density at radius 3 is 2.24 bits per heavy atom. The summed E-state index contributed by atoms with van der Waals surface area (Å²) >= 11 is 0. The SMILES string of the molecule is C[C@@H](O[C@@H]1O[C@H](CO)[C@@H](O)[C@H](O)[C@H]1O)[C@@H](NC(=O)[C@H]1CSSC[C@@H](NC(=O)[C@@H](N)Cc2ccc(O)cc2)C(=O)NCC(=O)N[C@@H](Cc2ccccc2)C(=O)N1)C(=O)NCC(N)=O. The molecular formula is C38H52N8O14S2. The highest BCUT2D eigenvalue weighted by Crippen LogP contribution is 2.25. The molecular weight excluding hydrogens is 857 g/mol. The molecule has 2 aromatic carbocycles. The van der Waals surface area contributed by atoms with Crippen molar-refractivity contribution in [3.63, 3.8) is 0 Å². The number of aliphatic hydroxyl groups excluding tert-OH is 4. The number of ether oxygens (including phenoxy) is 2. The lowest BCUT2D eigenvalue weighted by atomic mass is 9.99. The average Bonchev–Trinajstić information content (AvgIpc) is 3.24. The number of carbonyl (C=O) groups excluding carboxylic acids is 7. The normalized spacial score (nSPS) is 26.5. The first-order valence-electron chi connectivity index (χ1n) is 19.3. The summed E-state index contributed by atoms with van der Waals surface area (Å²) in [7, 11) is 2.03. The number of primary amides is 1. The minimum Gasteiger partial charge on any atom is -0.508 e. The topological polar surface area (TPSA) is 363 Å². The van der Waals surface area contributed by atoms with Gasteiger partial charge in [0.05, 0.1) is 31.8 Å². The Labute approximate surface area is 363 Å². The number of aromatic hydroxyl groups is 1. The molecule has 0 saturated carbocycles. The van der Waals surface area contributed by atoms with Crippen molar-refractivity contribution >= 4 is 62.9 Å². The number of aliphatic hydroxyl groups is 4. The van der Waals surface area contributed by atoms with Crippen LogP contribution in [0.5, 0.6) is 5.75 Å². The summed E-state index contributed by atoms with van der Waals surface area (Å²) < 4.78 is 11.1. The Balaban J connectivity index is 1.58. The zero-order valence-corrected chi connectivity index (χ0v) is 35.0. The van der Waals surface area contributed by atoms with Crippen molar-refractivity contribution in [3.05, 3.63) is 65.7 Å². The van der Waals surface area contributed by atoms with Crippen LogP contribution in [0, 0.1) is 0 Å². The molecule has 0 aliphatic carbocycles. The van der Waals surface area contributed by atoms with E-state index in [1.165, 1.54) is 19.1 Å². The van der Waals surface area contributed by atoms with Gasteiger partial charge in [0.2, 0.25) is 41.4 Å². The predicted octanol–water partition coefficient (Wildman–Crippen LogP) is -5.24. The first kappa shape index (κ1) is 49.6. The second-order valence-corrected chi connectivity index (χ2v) is 17.0. The monoisotopic (exact) mass is 908 g/mol. The fraction of sp³-hybridized carbons (Fsp3) is 0.500. The fourth-order valence-corrected chi connectivity index (χ4v) is 8.45. The molecule has 15 N–H and O–H groups in total. The molecule has 2 fully saturated rings. The molecule has 2 saturated heterocycles. The van der Waals surface area contributed by atoms with Gasteiger partial charge in [-0.2, -0.15) is 0 Å². The first-order valence-corrected chi connectivity index (χ1v) is 21.8. The van der Waals surface area contributed by atoms with Crippen LogP contribution in [-0.2, 0) is 55.9 Å². The van der Waals surface area contributed by atoms with Crippen LogP contribution >= 0.6 is 21.6 Å². The van der Waals surface area contributed by atoms with Crippen molar-refractivity contribution < 1.29 is 68.6 Å². The lowest BCUT2D eigenvalue weighted by Crippen LogP contribution is -2.63. The average molecular weight is 909 g/mol. The molecule has 2 aliphatic heterocycles. The highest BCUT2D eigenvalue weighted by Gasteiger charge is 2.46. The van der Waals surface area contributed by atoms with Gasteiger partial charge in [0.25, 0.3) is 0 Å². The van der Waals surface area contributed by atoms with Crippen LogP contribution in [0.25, 0.3) is 0 Å². The van der Waals surface area contributed by atoms with Gasteiger partial charge in [-0.3, -0.25) is 33.6 Å².